The Morgan fingerprint density at radius 1 is 0.353 bits per heavy atom. The molecular formula is C104H93Cl4F4N11O22S5. The van der Waals surface area contributed by atoms with Gasteiger partial charge < -0.3 is 26.6 Å². The van der Waals surface area contributed by atoms with Crippen LogP contribution >= 0.6 is 46.4 Å². The maximum absolute atomic E-state index is 13.3. The maximum Gasteiger partial charge on any atom is 0.416 e. The monoisotopic (exact) mass is 2220 g/mol. The number of alkyl halides is 3. The van der Waals surface area contributed by atoms with Gasteiger partial charge in [0.1, 0.15) is 35.4 Å². The minimum atomic E-state index is -4.67. The van der Waals surface area contributed by atoms with Crippen molar-refractivity contribution >= 4 is 190 Å². The highest BCUT2D eigenvalue weighted by Gasteiger charge is 2.52. The lowest BCUT2D eigenvalue weighted by Gasteiger charge is -2.33. The standard InChI is InChI=1S/C23H15ClF4N2O4S.C21H21ClN2O4S.2C20H19ClN2O4S.C20H19N3O6S/c24-15-6-9-19-18(11-15)20(21(31)29-17-3-1-2-14(10-17)23(26,27)28)22(32)30(35(19,33)34)12-13-4-7-16(25)8-5-13;1-12-7-8-15(11-17(12)22)23-20(25)19-16-9-13-5-3-4-6-14(13)10-18(16)29(27,28)24(2)21(19)26;1-23-20(25)18(19(24)22-16-9-5-4-8-15(16)21)14-10-12-6-2-3-7-13(12)11-17(14)28(23,26)27;1-23-20(25)18(19(24)22-15-8-4-7-14(21)11-15)16-9-12-5-2-3-6-13(12)10-17(16)28(23,26)27;1-22-20(25)18(19(24)21-14-6-8-15(9-7-14)23(26)27)16-10-12-4-2-3-5-13(12)11-17(16)30(22,28)29/h1-11,20H,12H2,(H,29,31);7-11,19H,3-6H2,1-2H3,(H,23,25);4-5,8-11,18H,2-3,6-7H2,1H3,(H,22,24);4,7-11,18H,2-3,5-6H2,1H3,(H,22,24);6-11,18H,2-5H2,1H3,(H,21,24). The van der Waals surface area contributed by atoms with E-state index in [0.29, 0.717) is 59.7 Å². The third kappa shape index (κ3) is 22.0. The third-order valence-electron chi connectivity index (χ3n) is 27.3. The molecule has 9 aliphatic rings. The highest BCUT2D eigenvalue weighted by molar-refractivity contribution is 7.91. The zero-order chi connectivity index (χ0) is 108. The first-order valence-corrected chi connectivity index (χ1v) is 55.6. The second-order valence-electron chi connectivity index (χ2n) is 36.8. The molecule has 0 aromatic heterocycles. The fourth-order valence-electron chi connectivity index (χ4n) is 19.2. The van der Waals surface area contributed by atoms with Crippen LogP contribution in [0.25, 0.3) is 0 Å². The van der Waals surface area contributed by atoms with E-state index in [2.05, 4.69) is 26.6 Å². The lowest BCUT2D eigenvalue weighted by Crippen LogP contribution is -2.47. The fourth-order valence-corrected chi connectivity index (χ4v) is 27.2. The molecule has 0 saturated heterocycles. The van der Waals surface area contributed by atoms with Gasteiger partial charge in [0, 0.05) is 78.1 Å². The summed E-state index contributed by atoms with van der Waals surface area (Å²) in [5.41, 5.74) is 9.87. The number of amides is 10. The molecule has 11 aromatic rings. The van der Waals surface area contributed by atoms with Crippen LogP contribution in [0.2, 0.25) is 20.1 Å². The van der Waals surface area contributed by atoms with Crippen molar-refractivity contribution in [2.75, 3.05) is 54.8 Å². The molecule has 5 N–H and O–H groups in total. The van der Waals surface area contributed by atoms with Crippen molar-refractivity contribution in [3.05, 3.63) is 331 Å². The van der Waals surface area contributed by atoms with E-state index < -0.39 is 168 Å². The molecular weight excluding hydrogens is 2130 g/mol. The number of fused-ring (bicyclic) bond motifs is 9. The number of sulfonamides is 5. The Balaban J connectivity index is 0.000000134. The molecule has 0 radical (unpaired) electrons. The molecule has 0 spiro atoms. The molecule has 0 saturated carbocycles. The van der Waals surface area contributed by atoms with Crippen LogP contribution in [-0.2, 0) is 162 Å². The average Bonchev–Trinajstić information content (AvgIpc) is 0.761. The summed E-state index contributed by atoms with van der Waals surface area (Å²) in [6.07, 6.45) is 9.64. The number of halogens is 8. The number of hydrogen-bond acceptors (Lipinski definition) is 22. The van der Waals surface area contributed by atoms with Crippen LogP contribution in [0, 0.1) is 22.9 Å². The third-order valence-corrected chi connectivity index (χ3v) is 37.5. The van der Waals surface area contributed by atoms with E-state index in [1.807, 2.05) is 6.92 Å². The number of carbonyl (C=O) groups excluding carboxylic acids is 10. The van der Waals surface area contributed by atoms with Crippen molar-refractivity contribution in [1.82, 2.24) is 21.5 Å². The first-order valence-electron chi connectivity index (χ1n) is 46.9. The Hall–Kier alpha value is -13.9. The van der Waals surface area contributed by atoms with Gasteiger partial charge in [-0.15, -0.1) is 0 Å². The molecule has 20 rings (SSSR count). The van der Waals surface area contributed by atoms with Gasteiger partial charge in [-0.25, -0.2) is 68.0 Å². The van der Waals surface area contributed by atoms with Crippen LogP contribution in [0.4, 0.5) is 51.7 Å². The topological polar surface area (TPSA) is 461 Å². The number of para-hydroxylation sites is 1. The molecule has 4 aliphatic carbocycles. The van der Waals surface area contributed by atoms with Crippen molar-refractivity contribution in [3.8, 4) is 0 Å². The summed E-state index contributed by atoms with van der Waals surface area (Å²) in [6.45, 7) is 1.36. The molecule has 0 fully saturated rings. The van der Waals surface area contributed by atoms with E-state index in [0.717, 1.165) is 196 Å². The van der Waals surface area contributed by atoms with Crippen LogP contribution < -0.4 is 26.6 Å². The molecule has 5 atom stereocenters. The molecule has 10 amide bonds. The zero-order valence-corrected chi connectivity index (χ0v) is 87.4. The second-order valence-corrected chi connectivity index (χ2v) is 48.1. The predicted octanol–water partition coefficient (Wildman–Crippen LogP) is 16.9. The van der Waals surface area contributed by atoms with Gasteiger partial charge in [0.05, 0.1) is 52.2 Å². The molecule has 0 bridgehead atoms. The number of aryl methyl sites for hydroxylation is 9. The van der Waals surface area contributed by atoms with Gasteiger partial charge >= 0.3 is 6.18 Å². The summed E-state index contributed by atoms with van der Waals surface area (Å²) < 4.78 is 185. The van der Waals surface area contributed by atoms with Crippen LogP contribution in [-0.4, -0.2) is 156 Å². The predicted molar refractivity (Wildman–Crippen MR) is 548 cm³/mol. The Labute approximate surface area is 879 Å². The highest BCUT2D eigenvalue weighted by atomic mass is 35.5. The smallest absolute Gasteiger partial charge is 0.325 e. The van der Waals surface area contributed by atoms with Crippen LogP contribution in [0.1, 0.15) is 170 Å². The van der Waals surface area contributed by atoms with Gasteiger partial charge in [-0.3, -0.25) is 58.1 Å². The van der Waals surface area contributed by atoms with E-state index >= 15 is 0 Å². The number of nitro groups is 1. The number of non-ortho nitro benzene ring substituents is 1. The Kier molecular flexibility index (Phi) is 31.4. The van der Waals surface area contributed by atoms with Crippen molar-refractivity contribution < 1.29 is 113 Å². The number of nitro benzene ring substituents is 1. The van der Waals surface area contributed by atoms with Crippen LogP contribution in [0.15, 0.2) is 231 Å². The number of carbonyl (C=O) groups is 10. The van der Waals surface area contributed by atoms with E-state index in [9.17, 15) is 118 Å². The SMILES string of the molecule is CN1C(=O)C(C(=O)Nc2ccc([N+](=O)[O-])cc2)c2cc3c(cc2S1(=O)=O)CCCC3.CN1C(=O)C(C(=O)Nc2cccc(Cl)c2)c2cc3c(cc2S1(=O)=O)CCCC3.CN1C(=O)C(C(=O)Nc2ccccc2Cl)c2cc3c(cc2S1(=O)=O)CCCC3.Cc1ccc(NC(=O)C2C(=O)N(C)S(=O)(=O)c3cc4c(cc32)CCCC4)cc1Cl.O=C(Nc1cccc(C(F)(F)F)c1)C1C(=O)N(Cc2ccc(F)cc2)S(=O)(=O)c2ccc(Cl)cc21. The van der Waals surface area contributed by atoms with Gasteiger partial charge in [-0.1, -0.05) is 113 Å². The number of rotatable bonds is 13. The van der Waals surface area contributed by atoms with Crippen molar-refractivity contribution in [2.45, 2.75) is 176 Å². The minimum Gasteiger partial charge on any atom is -0.325 e. The summed E-state index contributed by atoms with van der Waals surface area (Å²) >= 11 is 24.2. The summed E-state index contributed by atoms with van der Waals surface area (Å²) in [5, 5.41) is 25.0. The Morgan fingerprint density at radius 3 is 1.06 bits per heavy atom. The molecule has 782 valence electrons. The summed E-state index contributed by atoms with van der Waals surface area (Å²) in [4.78, 5) is 140. The summed E-state index contributed by atoms with van der Waals surface area (Å²) in [6, 6.07) is 49.0. The lowest BCUT2D eigenvalue weighted by atomic mass is 9.86. The molecule has 150 heavy (non-hydrogen) atoms. The van der Waals surface area contributed by atoms with Crippen LogP contribution in [0.5, 0.6) is 0 Å². The number of hydrogen-bond donors (Lipinski definition) is 5. The first-order chi connectivity index (χ1) is 70.9. The van der Waals surface area contributed by atoms with Gasteiger partial charge in [-0.2, -0.15) is 13.2 Å². The molecule has 5 aliphatic heterocycles. The van der Waals surface area contributed by atoms with Gasteiger partial charge in [0.2, 0.25) is 29.5 Å². The summed E-state index contributed by atoms with van der Waals surface area (Å²) in [5.74, 6) is -15.1. The number of anilines is 5. The molecule has 5 unspecified atom stereocenters. The highest BCUT2D eigenvalue weighted by Crippen LogP contribution is 2.47. The normalized spacial score (nSPS) is 19.4. The van der Waals surface area contributed by atoms with Crippen molar-refractivity contribution in [3.63, 3.8) is 0 Å². The van der Waals surface area contributed by atoms with E-state index in [1.54, 1.807) is 115 Å². The number of benzene rings is 11. The minimum absolute atomic E-state index is 0.0194. The number of nitrogens with one attached hydrogen (secondary N) is 5. The molecule has 46 heteroatoms. The summed E-state index contributed by atoms with van der Waals surface area (Å²) in [7, 11) is -15.6. The van der Waals surface area contributed by atoms with E-state index in [-0.39, 0.29) is 79.9 Å². The lowest BCUT2D eigenvalue weighted by molar-refractivity contribution is -0.384. The maximum atomic E-state index is 13.3. The molecule has 33 nitrogen and oxygen atoms in total. The van der Waals surface area contributed by atoms with E-state index in [4.69, 9.17) is 46.4 Å². The largest absolute Gasteiger partial charge is 0.416 e. The van der Waals surface area contributed by atoms with Crippen LogP contribution in [0.3, 0.4) is 0 Å². The van der Waals surface area contributed by atoms with Gasteiger partial charge in [0.25, 0.3) is 85.3 Å². The van der Waals surface area contributed by atoms with E-state index in [1.165, 1.54) is 69.7 Å². The number of likely N-dealkylation sites (N-methyl/N-ethyl adjacent to an activating group) is 4. The van der Waals surface area contributed by atoms with Gasteiger partial charge in [-0.05, 0) is 321 Å². The Morgan fingerprint density at radius 2 is 0.687 bits per heavy atom. The first kappa shape index (κ1) is 109. The Bertz CT molecular complexity index is 8120. The average molecular weight is 2230 g/mol. The van der Waals surface area contributed by atoms with Crippen molar-refractivity contribution in [2.24, 2.45) is 0 Å². The quantitative estimate of drug-likeness (QED) is 0.0310. The molecule has 11 aromatic carbocycles. The number of nitrogens with zero attached hydrogens (tertiary/aromatic N) is 6. The van der Waals surface area contributed by atoms with Crippen molar-refractivity contribution in [1.29, 1.82) is 0 Å². The zero-order valence-electron chi connectivity index (χ0n) is 80.3. The fraction of sp³-hybridized carbons (Fsp3) is 0.269. The van der Waals surface area contributed by atoms with Gasteiger partial charge in [0.15, 0.2) is 0 Å². The molecule has 5 heterocycles. The second kappa shape index (κ2) is 43.2.